The molecule has 4 heteroatoms. The summed E-state index contributed by atoms with van der Waals surface area (Å²) in [7, 11) is 0. The molecule has 4 N–H and O–H groups in total. The summed E-state index contributed by atoms with van der Waals surface area (Å²) >= 11 is 0. The van der Waals surface area contributed by atoms with Gasteiger partial charge in [0.25, 0.3) is 0 Å². The van der Waals surface area contributed by atoms with Gasteiger partial charge in [-0.15, -0.1) is 0 Å². The van der Waals surface area contributed by atoms with Crippen LogP contribution in [0.2, 0.25) is 0 Å². The minimum Gasteiger partial charge on any atom is -0.399 e. The van der Waals surface area contributed by atoms with Gasteiger partial charge in [0.05, 0.1) is 0 Å². The predicted octanol–water partition coefficient (Wildman–Crippen LogP) is 5.35. The Bertz CT molecular complexity index is 951. The SMILES string of the molecule is Nc1ccc(NC(=NCCc2cccc3ccccc23)NC2CCCCC2)cc1. The highest BCUT2D eigenvalue weighted by Gasteiger charge is 2.15. The third kappa shape index (κ3) is 5.29. The number of hydrogen-bond donors (Lipinski definition) is 3. The topological polar surface area (TPSA) is 62.4 Å². The van der Waals surface area contributed by atoms with Gasteiger partial charge in [-0.3, -0.25) is 4.99 Å². The van der Waals surface area contributed by atoms with E-state index in [0.717, 1.165) is 30.3 Å². The fourth-order valence-electron chi connectivity index (χ4n) is 4.06. The summed E-state index contributed by atoms with van der Waals surface area (Å²) in [4.78, 5) is 4.90. The quantitative estimate of drug-likeness (QED) is 0.314. The van der Waals surface area contributed by atoms with Gasteiger partial charge in [-0.1, -0.05) is 61.7 Å². The van der Waals surface area contributed by atoms with Gasteiger partial charge in [-0.05, 0) is 59.9 Å². The summed E-state index contributed by atoms with van der Waals surface area (Å²) in [6, 6.07) is 23.4. The summed E-state index contributed by atoms with van der Waals surface area (Å²) in [5, 5.41) is 9.72. The number of nitrogens with one attached hydrogen (secondary N) is 2. The monoisotopic (exact) mass is 386 g/mol. The van der Waals surface area contributed by atoms with Crippen LogP contribution in [0.15, 0.2) is 71.7 Å². The molecule has 4 nitrogen and oxygen atoms in total. The maximum atomic E-state index is 5.82. The zero-order chi connectivity index (χ0) is 19.9. The molecule has 0 radical (unpaired) electrons. The van der Waals surface area contributed by atoms with Crippen LogP contribution < -0.4 is 16.4 Å². The van der Waals surface area contributed by atoms with Gasteiger partial charge in [-0.25, -0.2) is 0 Å². The van der Waals surface area contributed by atoms with Crippen LogP contribution in [0.4, 0.5) is 11.4 Å². The first-order chi connectivity index (χ1) is 14.3. The molecule has 150 valence electrons. The molecule has 0 aromatic heterocycles. The Balaban J connectivity index is 1.47. The number of nitrogens with two attached hydrogens (primary N) is 1. The van der Waals surface area contributed by atoms with Crippen molar-refractivity contribution in [3.8, 4) is 0 Å². The maximum absolute atomic E-state index is 5.82. The van der Waals surface area contributed by atoms with Crippen molar-refractivity contribution < 1.29 is 0 Å². The molecule has 1 fully saturated rings. The zero-order valence-corrected chi connectivity index (χ0v) is 16.9. The number of rotatable bonds is 5. The molecule has 0 saturated heterocycles. The highest BCUT2D eigenvalue weighted by molar-refractivity contribution is 5.94. The van der Waals surface area contributed by atoms with Gasteiger partial charge in [-0.2, -0.15) is 0 Å². The summed E-state index contributed by atoms with van der Waals surface area (Å²) < 4.78 is 0. The van der Waals surface area contributed by atoms with Crippen molar-refractivity contribution >= 4 is 28.1 Å². The summed E-state index contributed by atoms with van der Waals surface area (Å²) in [6.07, 6.45) is 7.28. The first kappa shape index (κ1) is 19.3. The Morgan fingerprint density at radius 1 is 0.897 bits per heavy atom. The van der Waals surface area contributed by atoms with Gasteiger partial charge < -0.3 is 16.4 Å². The smallest absolute Gasteiger partial charge is 0.196 e. The molecule has 1 aliphatic rings. The second kappa shape index (κ2) is 9.46. The lowest BCUT2D eigenvalue weighted by Gasteiger charge is -2.25. The lowest BCUT2D eigenvalue weighted by atomic mass is 9.96. The third-order valence-electron chi connectivity index (χ3n) is 5.65. The van der Waals surface area contributed by atoms with Crippen molar-refractivity contribution in [2.45, 2.75) is 44.6 Å². The molecule has 3 aromatic carbocycles. The molecule has 3 aromatic rings. The van der Waals surface area contributed by atoms with Crippen LogP contribution in [0, 0.1) is 0 Å². The molecule has 0 aliphatic heterocycles. The summed E-state index contributed by atoms with van der Waals surface area (Å²) in [5.41, 5.74) is 8.94. The van der Waals surface area contributed by atoms with Crippen molar-refractivity contribution in [2.24, 2.45) is 4.99 Å². The molecule has 0 bridgehead atoms. The fraction of sp³-hybridized carbons (Fsp3) is 0.320. The van der Waals surface area contributed by atoms with Crippen LogP contribution in [0.1, 0.15) is 37.7 Å². The van der Waals surface area contributed by atoms with Gasteiger partial charge in [0, 0.05) is 24.0 Å². The van der Waals surface area contributed by atoms with Crippen LogP contribution in [-0.4, -0.2) is 18.5 Å². The fourth-order valence-corrected chi connectivity index (χ4v) is 4.06. The number of fused-ring (bicyclic) bond motifs is 1. The molecule has 4 rings (SSSR count). The lowest BCUT2D eigenvalue weighted by Crippen LogP contribution is -2.40. The lowest BCUT2D eigenvalue weighted by molar-refractivity contribution is 0.413. The molecular formula is C25H30N4. The number of benzene rings is 3. The second-order valence-corrected chi connectivity index (χ2v) is 7.84. The van der Waals surface area contributed by atoms with Crippen LogP contribution in [0.25, 0.3) is 10.8 Å². The normalized spacial score (nSPS) is 15.4. The molecule has 0 spiro atoms. The Hall–Kier alpha value is -3.01. The average molecular weight is 387 g/mol. The van der Waals surface area contributed by atoms with Gasteiger partial charge >= 0.3 is 0 Å². The van der Waals surface area contributed by atoms with Crippen molar-refractivity contribution in [1.82, 2.24) is 5.32 Å². The predicted molar refractivity (Wildman–Crippen MR) is 124 cm³/mol. The first-order valence-electron chi connectivity index (χ1n) is 10.7. The van der Waals surface area contributed by atoms with E-state index in [1.54, 1.807) is 0 Å². The van der Waals surface area contributed by atoms with Crippen LogP contribution in [-0.2, 0) is 6.42 Å². The highest BCUT2D eigenvalue weighted by atomic mass is 15.2. The molecule has 1 aliphatic carbocycles. The molecular weight excluding hydrogens is 356 g/mol. The van der Waals surface area contributed by atoms with Gasteiger partial charge in [0.2, 0.25) is 0 Å². The van der Waals surface area contributed by atoms with Crippen LogP contribution in [0.3, 0.4) is 0 Å². The standard InChI is InChI=1S/C25H30N4/c26-21-13-15-23(16-14-21)29-25(28-22-10-2-1-3-11-22)27-18-17-20-9-6-8-19-7-4-5-12-24(19)20/h4-9,12-16,22H,1-3,10-11,17-18,26H2,(H2,27,28,29). The largest absolute Gasteiger partial charge is 0.399 e. The van der Waals surface area contributed by atoms with Crippen molar-refractivity contribution in [1.29, 1.82) is 0 Å². The van der Waals surface area contributed by atoms with Crippen molar-refractivity contribution in [3.05, 3.63) is 72.3 Å². The van der Waals surface area contributed by atoms with E-state index in [-0.39, 0.29) is 0 Å². The van der Waals surface area contributed by atoms with Crippen LogP contribution in [0.5, 0.6) is 0 Å². The molecule has 0 unspecified atom stereocenters. The summed E-state index contributed by atoms with van der Waals surface area (Å²) in [5.74, 6) is 0.863. The second-order valence-electron chi connectivity index (χ2n) is 7.84. The first-order valence-corrected chi connectivity index (χ1v) is 10.7. The molecule has 1 saturated carbocycles. The van der Waals surface area contributed by atoms with Crippen molar-refractivity contribution in [2.75, 3.05) is 17.6 Å². The minimum absolute atomic E-state index is 0.501. The average Bonchev–Trinajstić information content (AvgIpc) is 2.76. The van der Waals surface area contributed by atoms with E-state index in [1.807, 2.05) is 24.3 Å². The number of aliphatic imine (C=N–C) groups is 1. The van der Waals surface area contributed by atoms with E-state index >= 15 is 0 Å². The van der Waals surface area contributed by atoms with E-state index in [2.05, 4.69) is 53.1 Å². The third-order valence-corrected chi connectivity index (χ3v) is 5.65. The summed E-state index contributed by atoms with van der Waals surface area (Å²) in [6.45, 7) is 0.741. The van der Waals surface area contributed by atoms with Crippen molar-refractivity contribution in [3.63, 3.8) is 0 Å². The molecule has 0 atom stereocenters. The highest BCUT2D eigenvalue weighted by Crippen LogP contribution is 2.20. The van der Waals surface area contributed by atoms with Crippen LogP contribution >= 0.6 is 0 Å². The minimum atomic E-state index is 0.501. The van der Waals surface area contributed by atoms with E-state index in [4.69, 9.17) is 10.7 Å². The number of nitrogen functional groups attached to an aromatic ring is 1. The number of guanidine groups is 1. The van der Waals surface area contributed by atoms with Gasteiger partial charge in [0.15, 0.2) is 5.96 Å². The Labute approximate surface area is 173 Å². The van der Waals surface area contributed by atoms with Gasteiger partial charge in [0.1, 0.15) is 0 Å². The molecule has 29 heavy (non-hydrogen) atoms. The maximum Gasteiger partial charge on any atom is 0.196 e. The van der Waals surface area contributed by atoms with E-state index < -0.39 is 0 Å². The van der Waals surface area contributed by atoms with E-state index in [1.165, 1.54) is 48.4 Å². The number of nitrogens with zero attached hydrogens (tertiary/aromatic N) is 1. The van der Waals surface area contributed by atoms with E-state index in [0.29, 0.717) is 6.04 Å². The molecule has 0 amide bonds. The Kier molecular flexibility index (Phi) is 6.30. The molecule has 0 heterocycles. The van der Waals surface area contributed by atoms with E-state index in [9.17, 15) is 0 Å². The zero-order valence-electron chi connectivity index (χ0n) is 16.9. The Morgan fingerprint density at radius 2 is 1.66 bits per heavy atom. The number of anilines is 2. The number of hydrogen-bond acceptors (Lipinski definition) is 2. The Morgan fingerprint density at radius 3 is 2.48 bits per heavy atom.